The zero-order valence-corrected chi connectivity index (χ0v) is 17.1. The number of benzene rings is 1. The Hall–Kier alpha value is -2.54. The summed E-state index contributed by atoms with van der Waals surface area (Å²) in [5.41, 5.74) is 1.73. The van der Waals surface area contributed by atoms with Crippen LogP contribution in [0.25, 0.3) is 0 Å². The lowest BCUT2D eigenvalue weighted by Crippen LogP contribution is -2.31. The molecule has 2 amide bonds. The van der Waals surface area contributed by atoms with Crippen molar-refractivity contribution in [1.82, 2.24) is 10.2 Å². The SMILES string of the molecule is COc1ccc([C@@H]2CCCN2C(=O)CCCNC(=O)c2ccsc2)cc1OC. The molecule has 1 saturated heterocycles. The molecule has 2 heterocycles. The summed E-state index contributed by atoms with van der Waals surface area (Å²) in [7, 11) is 3.23. The van der Waals surface area contributed by atoms with Crippen molar-refractivity contribution >= 4 is 23.2 Å². The third-order valence-corrected chi connectivity index (χ3v) is 5.69. The van der Waals surface area contributed by atoms with Gasteiger partial charge in [0.2, 0.25) is 5.91 Å². The number of hydrogen-bond acceptors (Lipinski definition) is 5. The van der Waals surface area contributed by atoms with Crippen molar-refractivity contribution in [1.29, 1.82) is 0 Å². The lowest BCUT2D eigenvalue weighted by atomic mass is 10.0. The maximum absolute atomic E-state index is 12.7. The molecule has 1 atom stereocenters. The van der Waals surface area contributed by atoms with Crippen LogP contribution in [-0.4, -0.2) is 44.0 Å². The Balaban J connectivity index is 1.54. The molecule has 3 rings (SSSR count). The van der Waals surface area contributed by atoms with Crippen LogP contribution in [0.2, 0.25) is 0 Å². The van der Waals surface area contributed by atoms with E-state index in [9.17, 15) is 9.59 Å². The highest BCUT2D eigenvalue weighted by atomic mass is 32.1. The minimum absolute atomic E-state index is 0.0627. The van der Waals surface area contributed by atoms with Crippen molar-refractivity contribution in [3.63, 3.8) is 0 Å². The first-order chi connectivity index (χ1) is 13.6. The van der Waals surface area contributed by atoms with Gasteiger partial charge in [0.15, 0.2) is 11.5 Å². The topological polar surface area (TPSA) is 67.9 Å². The number of methoxy groups -OCH3 is 2. The van der Waals surface area contributed by atoms with Crippen molar-refractivity contribution in [2.75, 3.05) is 27.3 Å². The predicted molar refractivity (Wildman–Crippen MR) is 109 cm³/mol. The van der Waals surface area contributed by atoms with Crippen LogP contribution >= 0.6 is 11.3 Å². The minimum Gasteiger partial charge on any atom is -0.493 e. The quantitative estimate of drug-likeness (QED) is 0.685. The van der Waals surface area contributed by atoms with Crippen LogP contribution < -0.4 is 14.8 Å². The van der Waals surface area contributed by atoms with E-state index >= 15 is 0 Å². The molecule has 0 unspecified atom stereocenters. The van der Waals surface area contributed by atoms with Crippen LogP contribution in [0.15, 0.2) is 35.0 Å². The second kappa shape index (κ2) is 9.59. The first-order valence-electron chi connectivity index (χ1n) is 9.46. The molecule has 1 aliphatic rings. The largest absolute Gasteiger partial charge is 0.493 e. The molecule has 1 aromatic carbocycles. The predicted octanol–water partition coefficient (Wildman–Crippen LogP) is 3.64. The second-order valence-electron chi connectivity index (χ2n) is 6.73. The minimum atomic E-state index is -0.0851. The van der Waals surface area contributed by atoms with E-state index in [0.29, 0.717) is 36.4 Å². The molecular weight excluding hydrogens is 376 g/mol. The van der Waals surface area contributed by atoms with Crippen LogP contribution in [0.4, 0.5) is 0 Å². The molecular formula is C21H26N2O4S. The van der Waals surface area contributed by atoms with Crippen LogP contribution in [0.5, 0.6) is 11.5 Å². The second-order valence-corrected chi connectivity index (χ2v) is 7.51. The molecule has 1 fully saturated rings. The zero-order valence-electron chi connectivity index (χ0n) is 16.3. The van der Waals surface area contributed by atoms with Gasteiger partial charge in [0, 0.05) is 30.5 Å². The van der Waals surface area contributed by atoms with Crippen LogP contribution in [0.3, 0.4) is 0 Å². The molecule has 0 spiro atoms. The van der Waals surface area contributed by atoms with Crippen molar-refractivity contribution < 1.29 is 19.1 Å². The van der Waals surface area contributed by atoms with Gasteiger partial charge in [0.05, 0.1) is 20.3 Å². The van der Waals surface area contributed by atoms with E-state index in [0.717, 1.165) is 24.9 Å². The van der Waals surface area contributed by atoms with Gasteiger partial charge in [0.1, 0.15) is 0 Å². The van der Waals surface area contributed by atoms with Gasteiger partial charge < -0.3 is 19.7 Å². The van der Waals surface area contributed by atoms with E-state index < -0.39 is 0 Å². The Morgan fingerprint density at radius 1 is 1.21 bits per heavy atom. The number of amides is 2. The molecule has 0 bridgehead atoms. The monoisotopic (exact) mass is 402 g/mol. The number of rotatable bonds is 8. The van der Waals surface area contributed by atoms with Gasteiger partial charge in [-0.3, -0.25) is 9.59 Å². The highest BCUT2D eigenvalue weighted by Crippen LogP contribution is 2.37. The summed E-state index contributed by atoms with van der Waals surface area (Å²) in [6, 6.07) is 7.69. The third kappa shape index (κ3) is 4.65. The highest BCUT2D eigenvalue weighted by Gasteiger charge is 2.30. The Labute approximate surface area is 169 Å². The van der Waals surface area contributed by atoms with E-state index in [1.807, 2.05) is 33.9 Å². The van der Waals surface area contributed by atoms with E-state index in [4.69, 9.17) is 9.47 Å². The van der Waals surface area contributed by atoms with Crippen LogP contribution in [0, 0.1) is 0 Å². The van der Waals surface area contributed by atoms with Crippen LogP contribution in [0.1, 0.15) is 47.6 Å². The molecule has 0 saturated carbocycles. The summed E-state index contributed by atoms with van der Waals surface area (Å²) in [5.74, 6) is 1.40. The van der Waals surface area contributed by atoms with Gasteiger partial charge in [-0.15, -0.1) is 0 Å². The number of nitrogens with zero attached hydrogens (tertiary/aromatic N) is 1. The maximum Gasteiger partial charge on any atom is 0.252 e. The number of hydrogen-bond donors (Lipinski definition) is 1. The molecule has 1 N–H and O–H groups in total. The Morgan fingerprint density at radius 2 is 2.04 bits per heavy atom. The van der Waals surface area contributed by atoms with Gasteiger partial charge in [-0.1, -0.05) is 6.07 Å². The van der Waals surface area contributed by atoms with Crippen molar-refractivity contribution in [3.8, 4) is 11.5 Å². The molecule has 2 aromatic rings. The summed E-state index contributed by atoms with van der Waals surface area (Å²) in [6.07, 6.45) is 2.98. The van der Waals surface area contributed by atoms with E-state index in [1.54, 1.807) is 20.3 Å². The van der Waals surface area contributed by atoms with Crippen molar-refractivity contribution in [3.05, 3.63) is 46.2 Å². The average Bonchev–Trinajstić information content (AvgIpc) is 3.42. The van der Waals surface area contributed by atoms with Gasteiger partial charge in [-0.05, 0) is 48.4 Å². The van der Waals surface area contributed by atoms with Gasteiger partial charge >= 0.3 is 0 Å². The fraction of sp³-hybridized carbons (Fsp3) is 0.429. The lowest BCUT2D eigenvalue weighted by Gasteiger charge is -2.26. The number of ether oxygens (including phenoxy) is 2. The zero-order chi connectivity index (χ0) is 19.9. The summed E-state index contributed by atoms with van der Waals surface area (Å²) in [6.45, 7) is 1.26. The molecule has 7 heteroatoms. The molecule has 0 radical (unpaired) electrons. The van der Waals surface area contributed by atoms with Crippen molar-refractivity contribution in [2.45, 2.75) is 31.7 Å². The van der Waals surface area contributed by atoms with Crippen LogP contribution in [-0.2, 0) is 4.79 Å². The Kier molecular flexibility index (Phi) is 6.92. The normalized spacial score (nSPS) is 16.1. The fourth-order valence-electron chi connectivity index (χ4n) is 3.55. The Bertz CT molecular complexity index is 807. The number of carbonyl (C=O) groups excluding carboxylic acids is 2. The van der Waals surface area contributed by atoms with Gasteiger partial charge in [-0.2, -0.15) is 11.3 Å². The van der Waals surface area contributed by atoms with E-state index in [1.165, 1.54) is 11.3 Å². The molecule has 1 aromatic heterocycles. The first kappa shape index (κ1) is 20.2. The van der Waals surface area contributed by atoms with Crippen molar-refractivity contribution in [2.24, 2.45) is 0 Å². The van der Waals surface area contributed by atoms with Gasteiger partial charge in [-0.25, -0.2) is 0 Å². The van der Waals surface area contributed by atoms with E-state index in [-0.39, 0.29) is 17.9 Å². The Morgan fingerprint density at radius 3 is 2.75 bits per heavy atom. The molecule has 150 valence electrons. The number of nitrogens with one attached hydrogen (secondary N) is 1. The fourth-order valence-corrected chi connectivity index (χ4v) is 4.19. The number of thiophene rings is 1. The molecule has 28 heavy (non-hydrogen) atoms. The molecule has 6 nitrogen and oxygen atoms in total. The molecule has 0 aliphatic carbocycles. The summed E-state index contributed by atoms with van der Waals surface area (Å²) in [4.78, 5) is 26.6. The highest BCUT2D eigenvalue weighted by molar-refractivity contribution is 7.08. The van der Waals surface area contributed by atoms with Gasteiger partial charge in [0.25, 0.3) is 5.91 Å². The smallest absolute Gasteiger partial charge is 0.252 e. The number of carbonyl (C=O) groups is 2. The van der Waals surface area contributed by atoms with E-state index in [2.05, 4.69) is 5.32 Å². The average molecular weight is 403 g/mol. The summed E-state index contributed by atoms with van der Waals surface area (Å²) in [5, 5.41) is 6.56. The summed E-state index contributed by atoms with van der Waals surface area (Å²) < 4.78 is 10.7. The molecule has 1 aliphatic heterocycles. The third-order valence-electron chi connectivity index (χ3n) is 5.00. The maximum atomic E-state index is 12.7. The standard InChI is InChI=1S/C21H26N2O4S/c1-26-18-8-7-15(13-19(18)27-2)17-5-4-11-23(17)20(24)6-3-10-22-21(25)16-9-12-28-14-16/h7-9,12-14,17H,3-6,10-11H2,1-2H3,(H,22,25)/t17-/m0/s1. The lowest BCUT2D eigenvalue weighted by molar-refractivity contribution is -0.132. The number of likely N-dealkylation sites (tertiary alicyclic amines) is 1. The first-order valence-corrected chi connectivity index (χ1v) is 10.4. The summed E-state index contributed by atoms with van der Waals surface area (Å²) >= 11 is 1.49.